The average molecular weight is 182 g/mol. The minimum atomic E-state index is -0.662. The maximum Gasteiger partial charge on any atom is 0.271 e. The lowest BCUT2D eigenvalue weighted by atomic mass is 10.0. The summed E-state index contributed by atoms with van der Waals surface area (Å²) >= 11 is 0. The lowest BCUT2D eigenvalue weighted by molar-refractivity contribution is -0.133. The molecule has 70 valence electrons. The average Bonchev–Trinajstić information content (AvgIpc) is 2.10. The number of allylic oxidation sites excluding steroid dienone is 3. The fourth-order valence-electron chi connectivity index (χ4n) is 1.16. The number of rotatable bonds is 2. The van der Waals surface area contributed by atoms with Crippen molar-refractivity contribution >= 4 is 11.6 Å². The summed E-state index contributed by atoms with van der Waals surface area (Å²) in [5.74, 6) is -0.931. The van der Waals surface area contributed by atoms with Gasteiger partial charge in [-0.05, 0) is 18.6 Å². The molecular formula is C9H10O4. The molecule has 1 aliphatic carbocycles. The van der Waals surface area contributed by atoms with Crippen LogP contribution in [0.3, 0.4) is 0 Å². The molecule has 0 amide bonds. The zero-order valence-electron chi connectivity index (χ0n) is 7.71. The summed E-state index contributed by atoms with van der Waals surface area (Å²) in [4.78, 5) is 22.3. The monoisotopic (exact) mass is 182 g/mol. The second kappa shape index (κ2) is 3.43. The number of ether oxygens (including phenoxy) is 2. The first-order valence-corrected chi connectivity index (χ1v) is 3.71. The summed E-state index contributed by atoms with van der Waals surface area (Å²) in [6.45, 7) is 1.68. The van der Waals surface area contributed by atoms with Crippen LogP contribution in [0.15, 0.2) is 23.2 Å². The Balaban J connectivity index is 3.23. The number of carbonyl (C=O) groups excluding carboxylic acids is 2. The van der Waals surface area contributed by atoms with Gasteiger partial charge in [-0.2, -0.15) is 0 Å². The standard InChI is InChI=1S/C9H10O4/c1-5-4-6(10)7(11)9(13-3)8(5)12-2/h4H,1-3H3. The van der Waals surface area contributed by atoms with Crippen molar-refractivity contribution in [2.24, 2.45) is 0 Å². The van der Waals surface area contributed by atoms with E-state index in [0.29, 0.717) is 11.3 Å². The highest BCUT2D eigenvalue weighted by atomic mass is 16.5. The molecule has 4 heteroatoms. The topological polar surface area (TPSA) is 52.6 Å². The second-order valence-corrected chi connectivity index (χ2v) is 2.59. The first-order chi connectivity index (χ1) is 6.11. The maximum absolute atomic E-state index is 11.2. The number of Topliss-reactive ketones (excluding diaryl/α,β-unsaturated/α-hetero) is 1. The van der Waals surface area contributed by atoms with Gasteiger partial charge < -0.3 is 9.47 Å². The molecule has 0 bridgehead atoms. The molecule has 0 atom stereocenters. The highest BCUT2D eigenvalue weighted by Gasteiger charge is 2.28. The van der Waals surface area contributed by atoms with Crippen LogP contribution < -0.4 is 0 Å². The number of carbonyl (C=O) groups is 2. The second-order valence-electron chi connectivity index (χ2n) is 2.59. The van der Waals surface area contributed by atoms with E-state index in [-0.39, 0.29) is 5.76 Å². The predicted molar refractivity (Wildman–Crippen MR) is 44.8 cm³/mol. The Morgan fingerprint density at radius 1 is 1.08 bits per heavy atom. The van der Waals surface area contributed by atoms with E-state index in [2.05, 4.69) is 0 Å². The Bertz CT molecular complexity index is 323. The first-order valence-electron chi connectivity index (χ1n) is 3.71. The van der Waals surface area contributed by atoms with Gasteiger partial charge >= 0.3 is 0 Å². The van der Waals surface area contributed by atoms with Crippen molar-refractivity contribution < 1.29 is 19.1 Å². The third-order valence-electron chi connectivity index (χ3n) is 1.75. The Morgan fingerprint density at radius 3 is 2.08 bits per heavy atom. The van der Waals surface area contributed by atoms with E-state index in [1.54, 1.807) is 6.92 Å². The van der Waals surface area contributed by atoms with Crippen LogP contribution in [-0.2, 0) is 19.1 Å². The van der Waals surface area contributed by atoms with Gasteiger partial charge in [0.05, 0.1) is 14.2 Å². The lowest BCUT2D eigenvalue weighted by Crippen LogP contribution is -2.22. The highest BCUT2D eigenvalue weighted by molar-refractivity contribution is 6.48. The Morgan fingerprint density at radius 2 is 1.62 bits per heavy atom. The molecule has 0 spiro atoms. The van der Waals surface area contributed by atoms with Crippen LogP contribution >= 0.6 is 0 Å². The van der Waals surface area contributed by atoms with Gasteiger partial charge in [0, 0.05) is 0 Å². The molecular weight excluding hydrogens is 172 g/mol. The molecule has 0 fully saturated rings. The van der Waals surface area contributed by atoms with Gasteiger partial charge in [0.2, 0.25) is 11.5 Å². The van der Waals surface area contributed by atoms with E-state index >= 15 is 0 Å². The van der Waals surface area contributed by atoms with E-state index in [4.69, 9.17) is 9.47 Å². The Labute approximate surface area is 75.8 Å². The lowest BCUT2D eigenvalue weighted by Gasteiger charge is -2.15. The Kier molecular flexibility index (Phi) is 2.51. The molecule has 1 rings (SSSR count). The Hall–Kier alpha value is -1.58. The minimum Gasteiger partial charge on any atom is -0.492 e. The summed E-state index contributed by atoms with van der Waals surface area (Å²) < 4.78 is 9.73. The fraction of sp³-hybridized carbons (Fsp3) is 0.333. The molecule has 0 N–H and O–H groups in total. The number of methoxy groups -OCH3 is 2. The maximum atomic E-state index is 11.2. The van der Waals surface area contributed by atoms with Crippen molar-refractivity contribution in [1.82, 2.24) is 0 Å². The quantitative estimate of drug-likeness (QED) is 0.463. The molecule has 0 aliphatic heterocycles. The van der Waals surface area contributed by atoms with Crippen molar-refractivity contribution in [1.29, 1.82) is 0 Å². The largest absolute Gasteiger partial charge is 0.492 e. The van der Waals surface area contributed by atoms with Crippen LogP contribution in [0.25, 0.3) is 0 Å². The van der Waals surface area contributed by atoms with Gasteiger partial charge in [-0.1, -0.05) is 0 Å². The minimum absolute atomic E-state index is 0.0208. The van der Waals surface area contributed by atoms with Gasteiger partial charge in [0.1, 0.15) is 0 Å². The number of hydrogen-bond acceptors (Lipinski definition) is 4. The number of ketones is 2. The first kappa shape index (κ1) is 9.51. The summed E-state index contributed by atoms with van der Waals surface area (Å²) in [5.41, 5.74) is 0.601. The molecule has 0 radical (unpaired) electrons. The van der Waals surface area contributed by atoms with Crippen molar-refractivity contribution in [3.05, 3.63) is 23.2 Å². The van der Waals surface area contributed by atoms with E-state index in [0.717, 1.165) is 0 Å². The van der Waals surface area contributed by atoms with Gasteiger partial charge in [-0.3, -0.25) is 9.59 Å². The molecule has 13 heavy (non-hydrogen) atoms. The normalized spacial score (nSPS) is 17.3. The fourth-order valence-corrected chi connectivity index (χ4v) is 1.16. The van der Waals surface area contributed by atoms with Crippen molar-refractivity contribution in [2.75, 3.05) is 14.2 Å². The van der Waals surface area contributed by atoms with Crippen LogP contribution in [0.1, 0.15) is 6.92 Å². The predicted octanol–water partition coefficient (Wildman–Crippen LogP) is 0.589. The molecule has 0 saturated heterocycles. The molecule has 1 aliphatic rings. The highest BCUT2D eigenvalue weighted by Crippen LogP contribution is 2.21. The van der Waals surface area contributed by atoms with Crippen molar-refractivity contribution in [3.8, 4) is 0 Å². The van der Waals surface area contributed by atoms with Crippen LogP contribution in [0, 0.1) is 0 Å². The molecule has 0 aromatic carbocycles. The van der Waals surface area contributed by atoms with Gasteiger partial charge in [0.25, 0.3) is 5.78 Å². The van der Waals surface area contributed by atoms with E-state index in [1.165, 1.54) is 20.3 Å². The summed E-state index contributed by atoms with van der Waals surface area (Å²) in [5, 5.41) is 0. The summed E-state index contributed by atoms with van der Waals surface area (Å²) in [6.07, 6.45) is 1.24. The van der Waals surface area contributed by atoms with Crippen LogP contribution in [0.5, 0.6) is 0 Å². The zero-order chi connectivity index (χ0) is 10.0. The van der Waals surface area contributed by atoms with Gasteiger partial charge in [0.15, 0.2) is 5.76 Å². The molecule has 0 aromatic rings. The number of hydrogen-bond donors (Lipinski definition) is 0. The third kappa shape index (κ3) is 1.47. The smallest absolute Gasteiger partial charge is 0.271 e. The molecule has 0 unspecified atom stereocenters. The van der Waals surface area contributed by atoms with Crippen LogP contribution in [-0.4, -0.2) is 25.8 Å². The van der Waals surface area contributed by atoms with Crippen molar-refractivity contribution in [3.63, 3.8) is 0 Å². The van der Waals surface area contributed by atoms with Gasteiger partial charge in [-0.25, -0.2) is 0 Å². The van der Waals surface area contributed by atoms with Crippen molar-refractivity contribution in [2.45, 2.75) is 6.92 Å². The SMILES string of the molecule is COC1=C(OC)C(C)=CC(=O)C1=O. The van der Waals surface area contributed by atoms with E-state index in [1.807, 2.05) is 0 Å². The molecule has 0 heterocycles. The van der Waals surface area contributed by atoms with Gasteiger partial charge in [-0.15, -0.1) is 0 Å². The third-order valence-corrected chi connectivity index (χ3v) is 1.75. The van der Waals surface area contributed by atoms with E-state index in [9.17, 15) is 9.59 Å². The van der Waals surface area contributed by atoms with E-state index < -0.39 is 11.6 Å². The molecule has 4 nitrogen and oxygen atoms in total. The molecule has 0 saturated carbocycles. The zero-order valence-corrected chi connectivity index (χ0v) is 7.71. The van der Waals surface area contributed by atoms with Crippen LogP contribution in [0.4, 0.5) is 0 Å². The summed E-state index contributed by atoms with van der Waals surface area (Å²) in [6, 6.07) is 0. The molecule has 0 aromatic heterocycles. The summed E-state index contributed by atoms with van der Waals surface area (Å²) in [7, 11) is 2.76. The van der Waals surface area contributed by atoms with Crippen LogP contribution in [0.2, 0.25) is 0 Å².